The fourth-order valence-corrected chi connectivity index (χ4v) is 3.20. The first kappa shape index (κ1) is 17.3. The van der Waals surface area contributed by atoms with Gasteiger partial charge in [0, 0.05) is 25.1 Å². The number of piperidine rings is 1. The molecule has 1 fully saturated rings. The molecule has 25 heavy (non-hydrogen) atoms. The number of aryl methyl sites for hydroxylation is 2. The highest BCUT2D eigenvalue weighted by Crippen LogP contribution is 2.25. The number of hydrogen-bond acceptors (Lipinski definition) is 4. The lowest BCUT2D eigenvalue weighted by atomic mass is 9.88. The standard InChI is InChI=1S/C18H18F2N2O3/c1-10-16(11(2)25-21-10)18(24)22-7-5-12(6-8-22)17(23)14-4-3-13(19)9-15(14)20/h3-4,9,12H,5-8H2,1-2H3. The fraction of sp³-hybridized carbons (Fsp3) is 0.389. The SMILES string of the molecule is Cc1noc(C)c1C(=O)N1CCC(C(=O)c2ccc(F)cc2F)CC1. The van der Waals surface area contributed by atoms with Crippen LogP contribution in [0.5, 0.6) is 0 Å². The molecule has 1 aliphatic heterocycles. The number of aromatic nitrogens is 1. The molecule has 2 heterocycles. The number of carbonyl (C=O) groups excluding carboxylic acids is 2. The summed E-state index contributed by atoms with van der Waals surface area (Å²) in [6.07, 6.45) is 0.871. The first-order valence-corrected chi connectivity index (χ1v) is 8.10. The lowest BCUT2D eigenvalue weighted by molar-refractivity contribution is 0.0647. The highest BCUT2D eigenvalue weighted by atomic mass is 19.1. The second kappa shape index (κ2) is 6.74. The second-order valence-electron chi connectivity index (χ2n) is 6.25. The maximum atomic E-state index is 13.8. The minimum Gasteiger partial charge on any atom is -0.361 e. The van der Waals surface area contributed by atoms with E-state index in [2.05, 4.69) is 5.16 Å². The number of halogens is 2. The predicted molar refractivity (Wildman–Crippen MR) is 85.3 cm³/mol. The van der Waals surface area contributed by atoms with E-state index in [1.165, 1.54) is 6.07 Å². The molecule has 0 N–H and O–H groups in total. The van der Waals surface area contributed by atoms with Gasteiger partial charge >= 0.3 is 0 Å². The van der Waals surface area contributed by atoms with E-state index in [4.69, 9.17) is 4.52 Å². The summed E-state index contributed by atoms with van der Waals surface area (Å²) < 4.78 is 31.8. The summed E-state index contributed by atoms with van der Waals surface area (Å²) in [5.41, 5.74) is 0.889. The minimum absolute atomic E-state index is 0.100. The Morgan fingerprint density at radius 1 is 1.20 bits per heavy atom. The van der Waals surface area contributed by atoms with Gasteiger partial charge < -0.3 is 9.42 Å². The van der Waals surface area contributed by atoms with Crippen LogP contribution in [0.4, 0.5) is 8.78 Å². The molecule has 5 nitrogen and oxygen atoms in total. The number of rotatable bonds is 3. The van der Waals surface area contributed by atoms with Crippen molar-refractivity contribution < 1.29 is 22.9 Å². The van der Waals surface area contributed by atoms with Crippen molar-refractivity contribution in [2.75, 3.05) is 13.1 Å². The summed E-state index contributed by atoms with van der Waals surface area (Å²) in [5.74, 6) is -1.99. The molecule has 0 spiro atoms. The van der Waals surface area contributed by atoms with E-state index in [0.717, 1.165) is 6.07 Å². The Labute approximate surface area is 143 Å². The van der Waals surface area contributed by atoms with Crippen LogP contribution in [0.1, 0.15) is 45.0 Å². The average molecular weight is 348 g/mol. The van der Waals surface area contributed by atoms with Gasteiger partial charge in [-0.25, -0.2) is 8.78 Å². The van der Waals surface area contributed by atoms with Gasteiger partial charge in [0.2, 0.25) is 0 Å². The molecule has 1 aliphatic rings. The number of nitrogens with zero attached hydrogens (tertiary/aromatic N) is 2. The van der Waals surface area contributed by atoms with Gasteiger partial charge in [-0.3, -0.25) is 9.59 Å². The van der Waals surface area contributed by atoms with Crippen molar-refractivity contribution in [3.63, 3.8) is 0 Å². The van der Waals surface area contributed by atoms with Gasteiger partial charge in [-0.1, -0.05) is 5.16 Å². The van der Waals surface area contributed by atoms with E-state index < -0.39 is 11.6 Å². The summed E-state index contributed by atoms with van der Waals surface area (Å²) in [4.78, 5) is 26.7. The molecule has 1 aromatic carbocycles. The van der Waals surface area contributed by atoms with Gasteiger partial charge in [-0.15, -0.1) is 0 Å². The largest absolute Gasteiger partial charge is 0.361 e. The maximum Gasteiger partial charge on any atom is 0.259 e. The fourth-order valence-electron chi connectivity index (χ4n) is 3.20. The Kier molecular flexibility index (Phi) is 4.65. The molecular weight excluding hydrogens is 330 g/mol. The molecule has 132 valence electrons. The van der Waals surface area contributed by atoms with Crippen LogP contribution in [-0.2, 0) is 0 Å². The molecule has 0 bridgehead atoms. The lowest BCUT2D eigenvalue weighted by Crippen LogP contribution is -2.40. The summed E-state index contributed by atoms with van der Waals surface area (Å²) in [6, 6.07) is 2.96. The van der Waals surface area contributed by atoms with E-state index in [-0.39, 0.29) is 23.2 Å². The first-order valence-electron chi connectivity index (χ1n) is 8.10. The molecule has 0 saturated carbocycles. The van der Waals surface area contributed by atoms with Gasteiger partial charge in [-0.05, 0) is 38.8 Å². The highest BCUT2D eigenvalue weighted by Gasteiger charge is 2.31. The van der Waals surface area contributed by atoms with Gasteiger partial charge in [0.05, 0.1) is 11.3 Å². The second-order valence-corrected chi connectivity index (χ2v) is 6.25. The molecule has 0 unspecified atom stereocenters. The number of ketones is 1. The number of hydrogen-bond donors (Lipinski definition) is 0. The van der Waals surface area contributed by atoms with Gasteiger partial charge in [-0.2, -0.15) is 0 Å². The first-order chi connectivity index (χ1) is 11.9. The zero-order chi connectivity index (χ0) is 18.1. The number of Topliss-reactive ketones (excluding diaryl/α,β-unsaturated/α-hetero) is 1. The molecule has 7 heteroatoms. The highest BCUT2D eigenvalue weighted by molar-refractivity contribution is 5.99. The van der Waals surface area contributed by atoms with Crippen LogP contribution in [0.25, 0.3) is 0 Å². The molecule has 3 rings (SSSR count). The Hall–Kier alpha value is -2.57. The molecule has 0 radical (unpaired) electrons. The summed E-state index contributed by atoms with van der Waals surface area (Å²) in [6.45, 7) is 4.17. The van der Waals surface area contributed by atoms with E-state index in [1.807, 2.05) is 0 Å². The van der Waals surface area contributed by atoms with Gasteiger partial charge in [0.15, 0.2) is 5.78 Å². The van der Waals surface area contributed by atoms with Crippen LogP contribution >= 0.6 is 0 Å². The molecule has 1 aromatic heterocycles. The summed E-state index contributed by atoms with van der Waals surface area (Å²) >= 11 is 0. The third kappa shape index (κ3) is 3.31. The number of likely N-dealkylation sites (tertiary alicyclic amines) is 1. The normalized spacial score (nSPS) is 15.4. The Balaban J connectivity index is 1.67. The predicted octanol–water partition coefficient (Wildman–Crippen LogP) is 3.30. The summed E-state index contributed by atoms with van der Waals surface area (Å²) in [5, 5.41) is 3.78. The lowest BCUT2D eigenvalue weighted by Gasteiger charge is -2.31. The van der Waals surface area contributed by atoms with Crippen LogP contribution in [-0.4, -0.2) is 34.8 Å². The third-order valence-electron chi connectivity index (χ3n) is 4.60. The maximum absolute atomic E-state index is 13.8. The Morgan fingerprint density at radius 2 is 1.88 bits per heavy atom. The van der Waals surface area contributed by atoms with E-state index >= 15 is 0 Å². The Bertz CT molecular complexity index is 804. The van der Waals surface area contributed by atoms with Crippen LogP contribution in [0.2, 0.25) is 0 Å². The molecule has 0 atom stereocenters. The third-order valence-corrected chi connectivity index (χ3v) is 4.60. The van der Waals surface area contributed by atoms with Crippen LogP contribution in [0.3, 0.4) is 0 Å². The summed E-state index contributed by atoms with van der Waals surface area (Å²) in [7, 11) is 0. The smallest absolute Gasteiger partial charge is 0.259 e. The van der Waals surface area contributed by atoms with Crippen molar-refractivity contribution in [1.29, 1.82) is 0 Å². The monoisotopic (exact) mass is 348 g/mol. The molecule has 0 aliphatic carbocycles. The van der Waals surface area contributed by atoms with E-state index in [0.29, 0.717) is 49.0 Å². The van der Waals surface area contributed by atoms with Crippen molar-refractivity contribution in [2.24, 2.45) is 5.92 Å². The van der Waals surface area contributed by atoms with Crippen molar-refractivity contribution >= 4 is 11.7 Å². The number of benzene rings is 1. The molecule has 1 amide bonds. The topological polar surface area (TPSA) is 63.4 Å². The average Bonchev–Trinajstić information content (AvgIpc) is 2.92. The van der Waals surface area contributed by atoms with Crippen molar-refractivity contribution in [3.8, 4) is 0 Å². The minimum atomic E-state index is -0.848. The number of amides is 1. The number of carbonyl (C=O) groups is 2. The Morgan fingerprint density at radius 3 is 2.44 bits per heavy atom. The van der Waals surface area contributed by atoms with Gasteiger partial charge in [0.1, 0.15) is 23.0 Å². The molecular formula is C18H18F2N2O3. The van der Waals surface area contributed by atoms with Crippen molar-refractivity contribution in [3.05, 3.63) is 52.4 Å². The van der Waals surface area contributed by atoms with E-state index in [1.54, 1.807) is 18.7 Å². The van der Waals surface area contributed by atoms with Crippen molar-refractivity contribution in [1.82, 2.24) is 10.1 Å². The van der Waals surface area contributed by atoms with Crippen LogP contribution < -0.4 is 0 Å². The zero-order valence-corrected chi connectivity index (χ0v) is 14.0. The zero-order valence-electron chi connectivity index (χ0n) is 14.0. The van der Waals surface area contributed by atoms with E-state index in [9.17, 15) is 18.4 Å². The quantitative estimate of drug-likeness (QED) is 0.799. The molecule has 1 saturated heterocycles. The molecule has 2 aromatic rings. The van der Waals surface area contributed by atoms with Gasteiger partial charge in [0.25, 0.3) is 5.91 Å². The van der Waals surface area contributed by atoms with Crippen LogP contribution in [0.15, 0.2) is 22.7 Å². The van der Waals surface area contributed by atoms with Crippen molar-refractivity contribution in [2.45, 2.75) is 26.7 Å². The van der Waals surface area contributed by atoms with Crippen LogP contribution in [0, 0.1) is 31.4 Å².